The molecule has 1 fully saturated rings. The van der Waals surface area contributed by atoms with Gasteiger partial charge < -0.3 is 10.6 Å². The Balaban J connectivity index is 2.04. The topological polar surface area (TPSA) is 58.2 Å². The maximum absolute atomic E-state index is 11.9. The van der Waals surface area contributed by atoms with E-state index in [1.807, 2.05) is 32.0 Å². The largest absolute Gasteiger partial charge is 0.354 e. The van der Waals surface area contributed by atoms with Crippen LogP contribution in [0.4, 0.5) is 0 Å². The van der Waals surface area contributed by atoms with Crippen LogP contribution >= 0.6 is 0 Å². The summed E-state index contributed by atoms with van der Waals surface area (Å²) in [5.74, 6) is -0.120. The van der Waals surface area contributed by atoms with Gasteiger partial charge in [-0.2, -0.15) is 0 Å². The molecule has 0 aliphatic carbocycles. The third-order valence-electron chi connectivity index (χ3n) is 3.08. The van der Waals surface area contributed by atoms with Gasteiger partial charge in [0, 0.05) is 18.5 Å². The van der Waals surface area contributed by atoms with E-state index in [9.17, 15) is 9.59 Å². The first kappa shape index (κ1) is 11.6. The lowest BCUT2D eigenvalue weighted by Crippen LogP contribution is -2.36. The van der Waals surface area contributed by atoms with Crippen molar-refractivity contribution >= 4 is 11.8 Å². The van der Waals surface area contributed by atoms with Crippen molar-refractivity contribution in [2.75, 3.05) is 6.54 Å². The molecule has 1 aromatic carbocycles. The minimum atomic E-state index is -0.116. The number of hydrogen-bond acceptors (Lipinski definition) is 2. The lowest BCUT2D eigenvalue weighted by atomic mass is 10.1. The molecular weight excluding hydrogens is 216 g/mol. The second kappa shape index (κ2) is 4.57. The van der Waals surface area contributed by atoms with Crippen LogP contribution < -0.4 is 10.6 Å². The van der Waals surface area contributed by atoms with Crippen molar-refractivity contribution in [3.05, 3.63) is 34.9 Å². The molecular formula is C13H16N2O2. The van der Waals surface area contributed by atoms with E-state index in [0.29, 0.717) is 18.5 Å². The number of rotatable bonds is 2. The fraction of sp³-hybridized carbons (Fsp3) is 0.385. The Kier molecular flexibility index (Phi) is 3.13. The van der Waals surface area contributed by atoms with Crippen LogP contribution in [-0.4, -0.2) is 24.4 Å². The van der Waals surface area contributed by atoms with E-state index >= 15 is 0 Å². The molecule has 0 saturated carbocycles. The monoisotopic (exact) mass is 232 g/mol. The Morgan fingerprint density at radius 2 is 2.12 bits per heavy atom. The highest BCUT2D eigenvalue weighted by Crippen LogP contribution is 2.10. The van der Waals surface area contributed by atoms with E-state index in [-0.39, 0.29) is 17.9 Å². The van der Waals surface area contributed by atoms with Crippen LogP contribution in [0.5, 0.6) is 0 Å². The Hall–Kier alpha value is -1.84. The zero-order valence-electron chi connectivity index (χ0n) is 10.0. The average molecular weight is 232 g/mol. The molecule has 0 radical (unpaired) electrons. The van der Waals surface area contributed by atoms with Crippen LogP contribution in [-0.2, 0) is 4.79 Å². The van der Waals surface area contributed by atoms with Crippen molar-refractivity contribution in [1.29, 1.82) is 0 Å². The molecule has 2 rings (SSSR count). The molecule has 2 N–H and O–H groups in total. The van der Waals surface area contributed by atoms with E-state index in [2.05, 4.69) is 10.6 Å². The molecule has 1 saturated heterocycles. The number of aryl methyl sites for hydroxylation is 2. The average Bonchev–Trinajstić information content (AvgIpc) is 2.68. The van der Waals surface area contributed by atoms with Crippen LogP contribution in [0.1, 0.15) is 27.9 Å². The van der Waals surface area contributed by atoms with Crippen molar-refractivity contribution < 1.29 is 9.59 Å². The number of benzene rings is 1. The summed E-state index contributed by atoms with van der Waals surface area (Å²) in [6.07, 6.45) is 0.372. The van der Waals surface area contributed by atoms with Gasteiger partial charge in [0.15, 0.2) is 0 Å². The van der Waals surface area contributed by atoms with Gasteiger partial charge in [-0.3, -0.25) is 9.59 Å². The molecule has 0 unspecified atom stereocenters. The molecule has 17 heavy (non-hydrogen) atoms. The SMILES string of the molecule is Cc1ccc(C(=O)N[C@@H]2CNC(=O)C2)cc1C. The van der Waals surface area contributed by atoms with Crippen molar-refractivity contribution in [2.45, 2.75) is 26.3 Å². The summed E-state index contributed by atoms with van der Waals surface area (Å²) in [6.45, 7) is 4.51. The van der Waals surface area contributed by atoms with E-state index in [1.165, 1.54) is 5.56 Å². The molecule has 2 amide bonds. The summed E-state index contributed by atoms with van der Waals surface area (Å²) >= 11 is 0. The summed E-state index contributed by atoms with van der Waals surface area (Å²) in [5.41, 5.74) is 2.91. The van der Waals surface area contributed by atoms with Crippen LogP contribution in [0.25, 0.3) is 0 Å². The predicted octanol–water partition coefficient (Wildman–Crippen LogP) is 0.922. The molecule has 1 aromatic rings. The molecule has 1 aliphatic rings. The fourth-order valence-corrected chi connectivity index (χ4v) is 1.86. The summed E-state index contributed by atoms with van der Waals surface area (Å²) in [7, 11) is 0. The van der Waals surface area contributed by atoms with E-state index in [4.69, 9.17) is 0 Å². The predicted molar refractivity (Wildman–Crippen MR) is 64.8 cm³/mol. The Morgan fingerprint density at radius 1 is 1.35 bits per heavy atom. The van der Waals surface area contributed by atoms with E-state index in [1.54, 1.807) is 0 Å². The van der Waals surface area contributed by atoms with Crippen molar-refractivity contribution in [3.8, 4) is 0 Å². The fourth-order valence-electron chi connectivity index (χ4n) is 1.86. The normalized spacial score (nSPS) is 18.9. The van der Waals surface area contributed by atoms with Gasteiger partial charge in [0.1, 0.15) is 0 Å². The van der Waals surface area contributed by atoms with Gasteiger partial charge in [-0.05, 0) is 37.1 Å². The van der Waals surface area contributed by atoms with Crippen molar-refractivity contribution in [1.82, 2.24) is 10.6 Å². The highest BCUT2D eigenvalue weighted by atomic mass is 16.2. The summed E-state index contributed by atoms with van der Waals surface area (Å²) in [5, 5.41) is 5.54. The summed E-state index contributed by atoms with van der Waals surface area (Å²) < 4.78 is 0. The maximum atomic E-state index is 11.9. The second-order valence-electron chi connectivity index (χ2n) is 4.48. The highest BCUT2D eigenvalue weighted by molar-refractivity contribution is 5.95. The summed E-state index contributed by atoms with van der Waals surface area (Å²) in [4.78, 5) is 22.9. The number of hydrogen-bond donors (Lipinski definition) is 2. The Morgan fingerprint density at radius 3 is 2.71 bits per heavy atom. The Labute approximate surface area is 100 Å². The lowest BCUT2D eigenvalue weighted by molar-refractivity contribution is -0.119. The Bertz CT molecular complexity index is 468. The smallest absolute Gasteiger partial charge is 0.251 e. The third-order valence-corrected chi connectivity index (χ3v) is 3.08. The molecule has 0 bridgehead atoms. The highest BCUT2D eigenvalue weighted by Gasteiger charge is 2.23. The lowest BCUT2D eigenvalue weighted by Gasteiger charge is -2.11. The number of amides is 2. The molecule has 0 spiro atoms. The third kappa shape index (κ3) is 2.64. The van der Waals surface area contributed by atoms with E-state index in [0.717, 1.165) is 5.56 Å². The molecule has 90 valence electrons. The summed E-state index contributed by atoms with van der Waals surface area (Å²) in [6, 6.07) is 5.52. The minimum absolute atomic E-state index is 0.00427. The molecule has 4 nitrogen and oxygen atoms in total. The van der Waals surface area contributed by atoms with Crippen molar-refractivity contribution in [2.24, 2.45) is 0 Å². The van der Waals surface area contributed by atoms with Crippen LogP contribution in [0, 0.1) is 13.8 Å². The standard InChI is InChI=1S/C13H16N2O2/c1-8-3-4-10(5-9(8)2)13(17)15-11-6-12(16)14-7-11/h3-5,11H,6-7H2,1-2H3,(H,14,16)(H,15,17)/t11-/m0/s1. The van der Waals surface area contributed by atoms with Gasteiger partial charge in [0.25, 0.3) is 5.91 Å². The van der Waals surface area contributed by atoms with Crippen LogP contribution in [0.15, 0.2) is 18.2 Å². The molecule has 1 heterocycles. The zero-order valence-corrected chi connectivity index (χ0v) is 10.0. The van der Waals surface area contributed by atoms with Crippen LogP contribution in [0.2, 0.25) is 0 Å². The zero-order chi connectivity index (χ0) is 12.4. The number of carbonyl (C=O) groups excluding carboxylic acids is 2. The molecule has 0 aromatic heterocycles. The minimum Gasteiger partial charge on any atom is -0.354 e. The van der Waals surface area contributed by atoms with Gasteiger partial charge in [-0.15, -0.1) is 0 Å². The first-order chi connectivity index (χ1) is 8.06. The van der Waals surface area contributed by atoms with Gasteiger partial charge in [-0.1, -0.05) is 6.07 Å². The van der Waals surface area contributed by atoms with Gasteiger partial charge in [0.05, 0.1) is 6.04 Å². The van der Waals surface area contributed by atoms with E-state index < -0.39 is 0 Å². The number of carbonyl (C=O) groups is 2. The quantitative estimate of drug-likeness (QED) is 0.796. The van der Waals surface area contributed by atoms with Crippen LogP contribution in [0.3, 0.4) is 0 Å². The van der Waals surface area contributed by atoms with Gasteiger partial charge >= 0.3 is 0 Å². The first-order valence-corrected chi connectivity index (χ1v) is 5.71. The molecule has 1 atom stereocenters. The molecule has 1 aliphatic heterocycles. The molecule has 4 heteroatoms. The first-order valence-electron chi connectivity index (χ1n) is 5.71. The van der Waals surface area contributed by atoms with Gasteiger partial charge in [0.2, 0.25) is 5.91 Å². The second-order valence-corrected chi connectivity index (χ2v) is 4.48. The number of nitrogens with one attached hydrogen (secondary N) is 2. The maximum Gasteiger partial charge on any atom is 0.251 e. The van der Waals surface area contributed by atoms with Crippen molar-refractivity contribution in [3.63, 3.8) is 0 Å². The van der Waals surface area contributed by atoms with Gasteiger partial charge in [-0.25, -0.2) is 0 Å².